The fraction of sp³-hybridized carbons (Fsp3) is 0. The second kappa shape index (κ2) is 4.89. The van der Waals surface area contributed by atoms with E-state index in [9.17, 15) is 13.2 Å². The highest BCUT2D eigenvalue weighted by Crippen LogP contribution is 2.33. The topological polar surface area (TPSA) is 35.2 Å². The van der Waals surface area contributed by atoms with E-state index in [0.29, 0.717) is 0 Å². The summed E-state index contributed by atoms with van der Waals surface area (Å²) in [7, 11) is 0. The number of nitrogens with two attached hydrogens (primary N) is 1. The Kier molecular flexibility index (Phi) is 3.47. The molecule has 0 spiro atoms. The largest absolute Gasteiger partial charge is 0.452 e. The van der Waals surface area contributed by atoms with Crippen LogP contribution in [0.4, 0.5) is 18.9 Å². The van der Waals surface area contributed by atoms with Crippen molar-refractivity contribution in [2.45, 2.75) is 0 Å². The van der Waals surface area contributed by atoms with Crippen molar-refractivity contribution in [3.8, 4) is 11.5 Å². The maximum atomic E-state index is 13.3. The van der Waals surface area contributed by atoms with E-state index in [-0.39, 0.29) is 21.7 Å². The lowest BCUT2D eigenvalue weighted by Crippen LogP contribution is -1.96. The van der Waals surface area contributed by atoms with Gasteiger partial charge < -0.3 is 10.5 Å². The molecule has 0 saturated heterocycles. The van der Waals surface area contributed by atoms with Gasteiger partial charge in [-0.1, -0.05) is 0 Å². The first kappa shape index (κ1) is 12.8. The molecule has 2 aromatic rings. The van der Waals surface area contributed by atoms with Crippen LogP contribution in [0.3, 0.4) is 0 Å². The smallest absolute Gasteiger partial charge is 0.166 e. The molecule has 0 unspecified atom stereocenters. The second-order valence-corrected chi connectivity index (χ2v) is 4.34. The van der Waals surface area contributed by atoms with Gasteiger partial charge in [0.2, 0.25) is 0 Å². The molecule has 0 atom stereocenters. The van der Waals surface area contributed by atoms with Crippen LogP contribution in [0.5, 0.6) is 11.5 Å². The lowest BCUT2D eigenvalue weighted by atomic mass is 10.3. The second-order valence-electron chi connectivity index (χ2n) is 3.48. The van der Waals surface area contributed by atoms with Crippen molar-refractivity contribution >= 4 is 21.6 Å². The molecule has 2 nitrogen and oxygen atoms in total. The molecular weight excluding hydrogens is 311 g/mol. The molecule has 2 aromatic carbocycles. The van der Waals surface area contributed by atoms with Crippen molar-refractivity contribution in [1.82, 2.24) is 0 Å². The van der Waals surface area contributed by atoms with Crippen LogP contribution in [-0.4, -0.2) is 0 Å². The Morgan fingerprint density at radius 2 is 1.67 bits per heavy atom. The third-order valence-electron chi connectivity index (χ3n) is 2.17. The lowest BCUT2D eigenvalue weighted by Gasteiger charge is -2.10. The van der Waals surface area contributed by atoms with Crippen molar-refractivity contribution in [2.24, 2.45) is 0 Å². The molecule has 0 aliphatic heterocycles. The predicted octanol–water partition coefficient (Wildman–Crippen LogP) is 4.24. The molecule has 2 N–H and O–H groups in total. The van der Waals surface area contributed by atoms with Gasteiger partial charge in [0.05, 0.1) is 10.2 Å². The molecule has 0 bridgehead atoms. The monoisotopic (exact) mass is 317 g/mol. The summed E-state index contributed by atoms with van der Waals surface area (Å²) >= 11 is 2.95. The van der Waals surface area contributed by atoms with E-state index in [4.69, 9.17) is 10.5 Å². The van der Waals surface area contributed by atoms with Crippen LogP contribution in [-0.2, 0) is 0 Å². The highest BCUT2D eigenvalue weighted by atomic mass is 79.9. The minimum absolute atomic E-state index is 0.0831. The van der Waals surface area contributed by atoms with E-state index in [1.807, 2.05) is 0 Å². The number of hydrogen-bond donors (Lipinski definition) is 1. The molecule has 0 saturated carbocycles. The Morgan fingerprint density at radius 3 is 2.39 bits per heavy atom. The minimum Gasteiger partial charge on any atom is -0.452 e. The summed E-state index contributed by atoms with van der Waals surface area (Å²) in [6.07, 6.45) is 0. The fourth-order valence-electron chi connectivity index (χ4n) is 1.31. The van der Waals surface area contributed by atoms with Gasteiger partial charge in [-0.3, -0.25) is 0 Å². The Bertz CT molecular complexity index is 604. The SMILES string of the molecule is Nc1cc(Br)c(F)cc1Oc1cc(F)ccc1F. The summed E-state index contributed by atoms with van der Waals surface area (Å²) in [5, 5.41) is 0. The molecule has 0 aliphatic carbocycles. The van der Waals surface area contributed by atoms with Crippen molar-refractivity contribution in [3.63, 3.8) is 0 Å². The zero-order valence-electron chi connectivity index (χ0n) is 8.88. The highest BCUT2D eigenvalue weighted by molar-refractivity contribution is 9.10. The first-order valence-corrected chi connectivity index (χ1v) is 5.64. The number of benzene rings is 2. The van der Waals surface area contributed by atoms with Crippen LogP contribution in [0.1, 0.15) is 0 Å². The molecular formula is C12H7BrF3NO. The van der Waals surface area contributed by atoms with E-state index in [1.54, 1.807) is 0 Å². The summed E-state index contributed by atoms with van der Waals surface area (Å²) in [5.74, 6) is -2.48. The number of ether oxygens (including phenoxy) is 1. The molecule has 0 radical (unpaired) electrons. The normalized spacial score (nSPS) is 10.4. The molecule has 6 heteroatoms. The van der Waals surface area contributed by atoms with Gasteiger partial charge in [-0.15, -0.1) is 0 Å². The molecule has 18 heavy (non-hydrogen) atoms. The van der Waals surface area contributed by atoms with Gasteiger partial charge in [-0.2, -0.15) is 0 Å². The zero-order valence-corrected chi connectivity index (χ0v) is 10.5. The number of hydrogen-bond acceptors (Lipinski definition) is 2. The highest BCUT2D eigenvalue weighted by Gasteiger charge is 2.11. The van der Waals surface area contributed by atoms with Crippen molar-refractivity contribution in [3.05, 3.63) is 52.3 Å². The lowest BCUT2D eigenvalue weighted by molar-refractivity contribution is 0.435. The van der Waals surface area contributed by atoms with Gasteiger partial charge in [0.1, 0.15) is 11.6 Å². The predicted molar refractivity (Wildman–Crippen MR) is 64.9 cm³/mol. The van der Waals surface area contributed by atoms with Crippen molar-refractivity contribution < 1.29 is 17.9 Å². The first-order chi connectivity index (χ1) is 8.47. The Labute approximate surface area is 109 Å². The maximum absolute atomic E-state index is 13.3. The number of halogens is 4. The van der Waals surface area contributed by atoms with Gasteiger partial charge in [-0.05, 0) is 34.1 Å². The van der Waals surface area contributed by atoms with Crippen molar-refractivity contribution in [1.29, 1.82) is 0 Å². The summed E-state index contributed by atoms with van der Waals surface area (Å²) < 4.78 is 44.8. The van der Waals surface area contributed by atoms with Crippen LogP contribution < -0.4 is 10.5 Å². The van der Waals surface area contributed by atoms with E-state index in [1.165, 1.54) is 6.07 Å². The minimum atomic E-state index is -0.765. The van der Waals surface area contributed by atoms with Crippen LogP contribution in [0, 0.1) is 17.5 Å². The van der Waals surface area contributed by atoms with Crippen molar-refractivity contribution in [2.75, 3.05) is 5.73 Å². The van der Waals surface area contributed by atoms with Crippen LogP contribution in [0.25, 0.3) is 0 Å². The van der Waals surface area contributed by atoms with E-state index in [0.717, 1.165) is 24.3 Å². The molecule has 94 valence electrons. The van der Waals surface area contributed by atoms with Gasteiger partial charge in [0.15, 0.2) is 17.3 Å². The van der Waals surface area contributed by atoms with E-state index >= 15 is 0 Å². The van der Waals surface area contributed by atoms with E-state index in [2.05, 4.69) is 15.9 Å². The van der Waals surface area contributed by atoms with Crippen LogP contribution in [0.15, 0.2) is 34.8 Å². The average molecular weight is 318 g/mol. The van der Waals surface area contributed by atoms with E-state index < -0.39 is 17.5 Å². The fourth-order valence-corrected chi connectivity index (χ4v) is 1.67. The van der Waals surface area contributed by atoms with Gasteiger partial charge in [0.25, 0.3) is 0 Å². The first-order valence-electron chi connectivity index (χ1n) is 4.85. The number of rotatable bonds is 2. The Morgan fingerprint density at radius 1 is 0.944 bits per heavy atom. The summed E-state index contributed by atoms with van der Waals surface area (Å²) in [6, 6.07) is 4.99. The Balaban J connectivity index is 2.40. The third kappa shape index (κ3) is 2.59. The molecule has 0 aliphatic rings. The van der Waals surface area contributed by atoms with Gasteiger partial charge in [0, 0.05) is 12.1 Å². The van der Waals surface area contributed by atoms with Crippen LogP contribution >= 0.6 is 15.9 Å². The number of nitrogen functional groups attached to an aromatic ring is 1. The summed E-state index contributed by atoms with van der Waals surface area (Å²) in [5.41, 5.74) is 5.69. The average Bonchev–Trinajstić information content (AvgIpc) is 2.30. The Hall–Kier alpha value is -1.69. The van der Waals surface area contributed by atoms with Gasteiger partial charge >= 0.3 is 0 Å². The van der Waals surface area contributed by atoms with Crippen LogP contribution in [0.2, 0.25) is 0 Å². The quantitative estimate of drug-likeness (QED) is 0.841. The summed E-state index contributed by atoms with van der Waals surface area (Å²) in [6.45, 7) is 0. The maximum Gasteiger partial charge on any atom is 0.166 e. The number of anilines is 1. The third-order valence-corrected chi connectivity index (χ3v) is 2.77. The zero-order chi connectivity index (χ0) is 13.3. The molecule has 0 amide bonds. The molecule has 0 heterocycles. The molecule has 0 fully saturated rings. The summed E-state index contributed by atoms with van der Waals surface area (Å²) in [4.78, 5) is 0. The van der Waals surface area contributed by atoms with Gasteiger partial charge in [-0.25, -0.2) is 13.2 Å². The molecule has 0 aromatic heterocycles. The standard InChI is InChI=1S/C12H7BrF3NO/c13-7-4-10(17)12(5-9(7)16)18-11-3-6(14)1-2-8(11)15/h1-5H,17H2. The molecule has 2 rings (SSSR count).